The van der Waals surface area contributed by atoms with E-state index in [1.807, 2.05) is 6.92 Å². The van der Waals surface area contributed by atoms with Gasteiger partial charge in [-0.25, -0.2) is 0 Å². The van der Waals surface area contributed by atoms with E-state index in [1.165, 1.54) is 11.8 Å². The van der Waals surface area contributed by atoms with Gasteiger partial charge in [0.15, 0.2) is 0 Å². The first-order valence-electron chi connectivity index (χ1n) is 1.69. The smallest absolute Gasteiger partial charge is 0.131 e. The van der Waals surface area contributed by atoms with E-state index in [0.717, 1.165) is 5.75 Å². The molecule has 0 aromatic carbocycles. The molecule has 2 N–H and O–H groups in total. The summed E-state index contributed by atoms with van der Waals surface area (Å²) in [6, 6.07) is 0. The van der Waals surface area contributed by atoms with E-state index >= 15 is 0 Å². The normalized spacial score (nSPS) is 7.00. The van der Waals surface area contributed by atoms with Gasteiger partial charge in [0.25, 0.3) is 0 Å². The molecule has 0 bridgehead atoms. The summed E-state index contributed by atoms with van der Waals surface area (Å²) in [5.74, 6) is 0.981. The minimum absolute atomic E-state index is 0. The molecule has 0 rings (SSSR count). The van der Waals surface area contributed by atoms with Crippen LogP contribution in [0.1, 0.15) is 6.92 Å². The van der Waals surface area contributed by atoms with Gasteiger partial charge in [-0.3, -0.25) is 0 Å². The average Bonchev–Trinajstić information content (AvgIpc) is 1.35. The number of rotatable bonds is 1. The van der Waals surface area contributed by atoms with Gasteiger partial charge in [0.1, 0.15) is 4.32 Å². The fraction of sp³-hybridized carbons (Fsp3) is 0.667. The number of thioether (sulfide) groups is 1. The summed E-state index contributed by atoms with van der Waals surface area (Å²) in [6.07, 6.45) is 0. The minimum atomic E-state index is 0. The Morgan fingerprint density at radius 2 is 2.29 bits per heavy atom. The molecule has 0 fully saturated rings. The van der Waals surface area contributed by atoms with Crippen molar-refractivity contribution in [2.24, 2.45) is 5.73 Å². The summed E-state index contributed by atoms with van der Waals surface area (Å²) in [6.45, 7) is 2.02. The van der Waals surface area contributed by atoms with Crippen LogP contribution in [0.4, 0.5) is 0 Å². The zero-order valence-electron chi connectivity index (χ0n) is 4.60. The fourth-order valence-electron chi connectivity index (χ4n) is 0.142. The predicted octanol–water partition coefficient (Wildman–Crippen LogP) is 0.602. The summed E-state index contributed by atoms with van der Waals surface area (Å²) in [5, 5.41) is 0. The van der Waals surface area contributed by atoms with E-state index in [4.69, 9.17) is 5.73 Å². The van der Waals surface area contributed by atoms with Crippen LogP contribution in [0.2, 0.25) is 0 Å². The van der Waals surface area contributed by atoms with Crippen molar-refractivity contribution in [1.29, 1.82) is 0 Å². The number of hydrogen-bond donors (Lipinski definition) is 1. The summed E-state index contributed by atoms with van der Waals surface area (Å²) in [5.41, 5.74) is 5.10. The second-order valence-corrected chi connectivity index (χ2v) is 2.76. The van der Waals surface area contributed by atoms with Crippen LogP contribution >= 0.6 is 24.0 Å². The Kier molecular flexibility index (Phi) is 11.5. The van der Waals surface area contributed by atoms with Gasteiger partial charge in [0, 0.05) is 29.6 Å². The van der Waals surface area contributed by atoms with Gasteiger partial charge < -0.3 is 5.73 Å². The molecule has 0 aliphatic rings. The fourth-order valence-corrected chi connectivity index (χ4v) is 0.780. The monoisotopic (exact) mass is 144 g/mol. The van der Waals surface area contributed by atoms with Gasteiger partial charge in [-0.15, -0.1) is 0 Å². The van der Waals surface area contributed by atoms with Crippen molar-refractivity contribution in [3.63, 3.8) is 0 Å². The zero-order valence-corrected chi connectivity index (χ0v) is 8.23. The molecule has 0 saturated carbocycles. The Bertz CT molecular complexity index is 56.9. The summed E-state index contributed by atoms with van der Waals surface area (Å²) in [7, 11) is 0. The third-order valence-electron chi connectivity index (χ3n) is 0.287. The SMILES string of the molecule is CCSC(N)=S.[Na]. The number of nitrogens with two attached hydrogens (primary N) is 1. The zero-order chi connectivity index (χ0) is 4.99. The van der Waals surface area contributed by atoms with Gasteiger partial charge in [0.05, 0.1) is 0 Å². The number of hydrogen-bond acceptors (Lipinski definition) is 2. The third-order valence-corrected chi connectivity index (χ3v) is 1.21. The first-order chi connectivity index (χ1) is 2.77. The van der Waals surface area contributed by atoms with Crippen LogP contribution in [0.5, 0.6) is 0 Å². The Morgan fingerprint density at radius 1 is 1.86 bits per heavy atom. The molecule has 4 heteroatoms. The molecule has 0 unspecified atom stereocenters. The van der Waals surface area contributed by atoms with E-state index in [9.17, 15) is 0 Å². The van der Waals surface area contributed by atoms with Crippen molar-refractivity contribution in [3.8, 4) is 0 Å². The molecule has 0 aliphatic heterocycles. The van der Waals surface area contributed by atoms with Crippen LogP contribution in [0.25, 0.3) is 0 Å². The van der Waals surface area contributed by atoms with E-state index < -0.39 is 0 Å². The van der Waals surface area contributed by atoms with E-state index in [1.54, 1.807) is 0 Å². The van der Waals surface area contributed by atoms with Gasteiger partial charge in [-0.1, -0.05) is 30.9 Å². The van der Waals surface area contributed by atoms with Crippen molar-refractivity contribution in [2.75, 3.05) is 5.75 Å². The van der Waals surface area contributed by atoms with Gasteiger partial charge in [-0.2, -0.15) is 0 Å². The maximum atomic E-state index is 5.10. The molecular weight excluding hydrogens is 137 g/mol. The Morgan fingerprint density at radius 3 is 2.29 bits per heavy atom. The Balaban J connectivity index is 0. The van der Waals surface area contributed by atoms with E-state index in [-0.39, 0.29) is 29.6 Å². The van der Waals surface area contributed by atoms with Crippen LogP contribution in [-0.4, -0.2) is 39.6 Å². The largest absolute Gasteiger partial charge is 0.385 e. The molecule has 37 valence electrons. The molecule has 0 aromatic heterocycles. The van der Waals surface area contributed by atoms with Crippen molar-refractivity contribution < 1.29 is 0 Å². The summed E-state index contributed by atoms with van der Waals surface area (Å²) in [4.78, 5) is 0. The van der Waals surface area contributed by atoms with E-state index in [0.29, 0.717) is 4.32 Å². The van der Waals surface area contributed by atoms with Crippen LogP contribution in [-0.2, 0) is 0 Å². The molecule has 0 saturated heterocycles. The molecule has 0 atom stereocenters. The van der Waals surface area contributed by atoms with Crippen molar-refractivity contribution in [3.05, 3.63) is 0 Å². The van der Waals surface area contributed by atoms with Crippen LogP contribution in [0.3, 0.4) is 0 Å². The minimum Gasteiger partial charge on any atom is -0.385 e. The third kappa shape index (κ3) is 11.1. The van der Waals surface area contributed by atoms with Gasteiger partial charge in [0.2, 0.25) is 0 Å². The standard InChI is InChI=1S/C3H7NS2.Na/c1-2-6-3(4)5;/h2H2,1H3,(H2,4,5);. The second-order valence-electron chi connectivity index (χ2n) is 0.752. The Labute approximate surface area is 75.7 Å². The topological polar surface area (TPSA) is 26.0 Å². The molecule has 0 spiro atoms. The summed E-state index contributed by atoms with van der Waals surface area (Å²) >= 11 is 6.03. The average molecular weight is 144 g/mol. The molecule has 0 amide bonds. The second kappa shape index (κ2) is 7.24. The van der Waals surface area contributed by atoms with Crippen molar-refractivity contribution in [2.45, 2.75) is 6.92 Å². The first-order valence-corrected chi connectivity index (χ1v) is 3.09. The molecule has 0 heterocycles. The molecule has 0 aliphatic carbocycles. The van der Waals surface area contributed by atoms with Gasteiger partial charge >= 0.3 is 0 Å². The van der Waals surface area contributed by atoms with Crippen molar-refractivity contribution in [1.82, 2.24) is 0 Å². The molecule has 0 aromatic rings. The maximum Gasteiger partial charge on any atom is 0.131 e. The molecule has 1 radical (unpaired) electrons. The quantitative estimate of drug-likeness (QED) is 0.431. The molecular formula is C3H7NNaS2. The van der Waals surface area contributed by atoms with Crippen LogP contribution in [0, 0.1) is 0 Å². The van der Waals surface area contributed by atoms with E-state index in [2.05, 4.69) is 12.2 Å². The van der Waals surface area contributed by atoms with Crippen molar-refractivity contribution >= 4 is 57.9 Å². The van der Waals surface area contributed by atoms with Crippen LogP contribution in [0.15, 0.2) is 0 Å². The summed E-state index contributed by atoms with van der Waals surface area (Å²) < 4.78 is 0.539. The van der Waals surface area contributed by atoms with Gasteiger partial charge in [-0.05, 0) is 5.75 Å². The molecule has 7 heavy (non-hydrogen) atoms. The van der Waals surface area contributed by atoms with Crippen LogP contribution < -0.4 is 5.73 Å². The maximum absolute atomic E-state index is 5.10. The Hall–Kier alpha value is 1.24. The predicted molar refractivity (Wildman–Crippen MR) is 40.7 cm³/mol. The first kappa shape index (κ1) is 11.1. The number of thiocarbonyl (C=S) groups is 1. The molecule has 1 nitrogen and oxygen atoms in total.